The Morgan fingerprint density at radius 2 is 1.35 bits per heavy atom. The third-order valence-electron chi connectivity index (χ3n) is 3.94. The Kier molecular flexibility index (Phi) is 9.57. The number of nitrogens with zero attached hydrogens (tertiary/aromatic N) is 2. The van der Waals surface area contributed by atoms with Gasteiger partial charge in [-0.3, -0.25) is 9.59 Å². The van der Waals surface area contributed by atoms with Crippen LogP contribution in [0.15, 0.2) is 58.7 Å². The SMILES string of the molecule is O=C(NN=C(/C=N/NC(=O)c1ccc(Cl)cc1)CC(O)C(O)CO)c1ccc(Cl)cc1. The smallest absolute Gasteiger partial charge is 0.271 e. The fraction of sp³-hybridized carbons (Fsp3) is 0.200. The lowest BCUT2D eigenvalue weighted by Gasteiger charge is -2.15. The molecule has 0 saturated carbocycles. The van der Waals surface area contributed by atoms with Crippen LogP contribution in [0.5, 0.6) is 0 Å². The first-order chi connectivity index (χ1) is 14.8. The maximum absolute atomic E-state index is 12.2. The molecule has 31 heavy (non-hydrogen) atoms. The molecular formula is C20H20Cl2N4O5. The van der Waals surface area contributed by atoms with Crippen molar-refractivity contribution in [2.45, 2.75) is 18.6 Å². The number of aliphatic hydroxyl groups excluding tert-OH is 3. The van der Waals surface area contributed by atoms with Crippen LogP contribution in [0.3, 0.4) is 0 Å². The van der Waals surface area contributed by atoms with Gasteiger partial charge in [0.25, 0.3) is 11.8 Å². The van der Waals surface area contributed by atoms with Crippen molar-refractivity contribution in [3.63, 3.8) is 0 Å². The quantitative estimate of drug-likeness (QED) is 0.281. The van der Waals surface area contributed by atoms with Gasteiger partial charge in [-0.2, -0.15) is 10.2 Å². The van der Waals surface area contributed by atoms with Crippen LogP contribution >= 0.6 is 23.2 Å². The molecule has 0 aliphatic rings. The van der Waals surface area contributed by atoms with Crippen LogP contribution in [0, 0.1) is 0 Å². The molecule has 0 aromatic heterocycles. The average Bonchev–Trinajstić information content (AvgIpc) is 2.77. The standard InChI is InChI=1S/C20H20Cl2N4O5/c21-14-5-1-12(2-6-14)19(30)25-23-10-16(9-17(28)18(29)11-27)24-26-20(31)13-3-7-15(22)8-4-13/h1-8,10,17-18,27-29H,9,11H2,(H,25,30)(H,26,31)/b23-10+,24-16?. The van der Waals surface area contributed by atoms with Gasteiger partial charge in [0.05, 0.1) is 24.6 Å². The van der Waals surface area contributed by atoms with Crippen molar-refractivity contribution < 1.29 is 24.9 Å². The van der Waals surface area contributed by atoms with Crippen LogP contribution in [0.4, 0.5) is 0 Å². The summed E-state index contributed by atoms with van der Waals surface area (Å²) in [5.41, 5.74) is 5.19. The molecule has 0 aliphatic carbocycles. The zero-order valence-corrected chi connectivity index (χ0v) is 17.6. The zero-order chi connectivity index (χ0) is 22.8. The Morgan fingerprint density at radius 3 is 1.84 bits per heavy atom. The number of benzene rings is 2. The highest BCUT2D eigenvalue weighted by molar-refractivity contribution is 6.31. The van der Waals surface area contributed by atoms with E-state index < -0.39 is 30.6 Å². The van der Waals surface area contributed by atoms with Crippen molar-refractivity contribution in [2.24, 2.45) is 10.2 Å². The lowest BCUT2D eigenvalue weighted by atomic mass is 10.1. The Hall–Kier alpha value is -2.82. The molecule has 2 unspecified atom stereocenters. The lowest BCUT2D eigenvalue weighted by molar-refractivity contribution is -0.00975. The number of carbonyl (C=O) groups excluding carboxylic acids is 2. The first kappa shape index (κ1) is 24.4. The minimum Gasteiger partial charge on any atom is -0.394 e. The topological polar surface area (TPSA) is 144 Å². The number of hydrogen-bond acceptors (Lipinski definition) is 7. The van der Waals surface area contributed by atoms with E-state index in [9.17, 15) is 19.8 Å². The normalized spacial score (nSPS) is 13.6. The van der Waals surface area contributed by atoms with E-state index in [2.05, 4.69) is 21.1 Å². The van der Waals surface area contributed by atoms with E-state index in [0.29, 0.717) is 15.6 Å². The van der Waals surface area contributed by atoms with Gasteiger partial charge in [0.15, 0.2) is 0 Å². The third-order valence-corrected chi connectivity index (χ3v) is 4.45. The second kappa shape index (κ2) is 12.1. The number of halogens is 2. The third kappa shape index (κ3) is 8.08. The van der Waals surface area contributed by atoms with Gasteiger partial charge in [0.1, 0.15) is 6.10 Å². The summed E-state index contributed by atoms with van der Waals surface area (Å²) in [6, 6.07) is 12.2. The molecule has 2 aromatic carbocycles. The van der Waals surface area contributed by atoms with Crippen LogP contribution in [0.25, 0.3) is 0 Å². The summed E-state index contributed by atoms with van der Waals surface area (Å²) in [6.45, 7) is -0.671. The van der Waals surface area contributed by atoms with Crippen molar-refractivity contribution in [2.75, 3.05) is 6.61 Å². The summed E-state index contributed by atoms with van der Waals surface area (Å²) in [7, 11) is 0. The van der Waals surface area contributed by atoms with Crippen molar-refractivity contribution in [3.8, 4) is 0 Å². The van der Waals surface area contributed by atoms with Crippen molar-refractivity contribution in [1.82, 2.24) is 10.9 Å². The van der Waals surface area contributed by atoms with Crippen molar-refractivity contribution >= 4 is 46.9 Å². The van der Waals surface area contributed by atoms with Gasteiger partial charge in [-0.05, 0) is 48.5 Å². The second-order valence-corrected chi connectivity index (χ2v) is 7.15. The Balaban J connectivity index is 2.09. The molecule has 0 heterocycles. The average molecular weight is 467 g/mol. The highest BCUT2D eigenvalue weighted by Crippen LogP contribution is 2.10. The Morgan fingerprint density at radius 1 is 0.871 bits per heavy atom. The summed E-state index contributed by atoms with van der Waals surface area (Å²) < 4.78 is 0. The van der Waals surface area contributed by atoms with Gasteiger partial charge < -0.3 is 15.3 Å². The minimum absolute atomic E-state index is 0.0266. The number of hydrazone groups is 2. The van der Waals surface area contributed by atoms with Gasteiger partial charge in [-0.15, -0.1) is 0 Å². The zero-order valence-electron chi connectivity index (χ0n) is 16.1. The number of carbonyl (C=O) groups is 2. The predicted octanol–water partition coefficient (Wildman–Crippen LogP) is 1.60. The minimum atomic E-state index is -1.42. The maximum atomic E-state index is 12.2. The molecule has 2 rings (SSSR count). The van der Waals surface area contributed by atoms with E-state index in [4.69, 9.17) is 28.3 Å². The van der Waals surface area contributed by atoms with E-state index in [1.165, 1.54) is 36.4 Å². The van der Waals surface area contributed by atoms with Gasteiger partial charge >= 0.3 is 0 Å². The number of hydrogen-bond donors (Lipinski definition) is 5. The first-order valence-corrected chi connectivity index (χ1v) is 9.74. The van der Waals surface area contributed by atoms with Crippen LogP contribution in [0.1, 0.15) is 27.1 Å². The summed E-state index contributed by atoms with van der Waals surface area (Å²) in [4.78, 5) is 24.3. The molecule has 2 atom stereocenters. The Bertz CT molecular complexity index is 949. The van der Waals surface area contributed by atoms with Gasteiger partial charge in [0.2, 0.25) is 0 Å². The fourth-order valence-electron chi connectivity index (χ4n) is 2.22. The van der Waals surface area contributed by atoms with E-state index in [1.54, 1.807) is 12.1 Å². The monoisotopic (exact) mass is 466 g/mol. The van der Waals surface area contributed by atoms with E-state index in [1.807, 2.05) is 0 Å². The van der Waals surface area contributed by atoms with Crippen LogP contribution in [-0.2, 0) is 0 Å². The van der Waals surface area contributed by atoms with Crippen LogP contribution in [0.2, 0.25) is 10.0 Å². The molecule has 0 fully saturated rings. The molecule has 0 saturated heterocycles. The summed E-state index contributed by atoms with van der Waals surface area (Å²) >= 11 is 11.6. The highest BCUT2D eigenvalue weighted by Gasteiger charge is 2.18. The van der Waals surface area contributed by atoms with Crippen molar-refractivity contribution in [3.05, 3.63) is 69.7 Å². The molecule has 9 nitrogen and oxygen atoms in total. The number of aliphatic hydroxyl groups is 3. The molecule has 0 bridgehead atoms. The Labute approximate surface area is 188 Å². The number of amides is 2. The van der Waals surface area contributed by atoms with E-state index in [-0.39, 0.29) is 17.7 Å². The molecule has 0 aliphatic heterocycles. The molecule has 11 heteroatoms. The largest absolute Gasteiger partial charge is 0.394 e. The highest BCUT2D eigenvalue weighted by atomic mass is 35.5. The molecule has 164 valence electrons. The molecule has 5 N–H and O–H groups in total. The van der Waals surface area contributed by atoms with Crippen molar-refractivity contribution in [1.29, 1.82) is 0 Å². The van der Waals surface area contributed by atoms with E-state index >= 15 is 0 Å². The molecule has 0 radical (unpaired) electrons. The lowest BCUT2D eigenvalue weighted by Crippen LogP contribution is -2.33. The molecule has 0 spiro atoms. The van der Waals surface area contributed by atoms with Gasteiger partial charge in [0, 0.05) is 27.6 Å². The number of rotatable bonds is 9. The second-order valence-electron chi connectivity index (χ2n) is 6.28. The summed E-state index contributed by atoms with van der Waals surface area (Å²) in [5, 5.41) is 37.0. The predicted molar refractivity (Wildman–Crippen MR) is 117 cm³/mol. The maximum Gasteiger partial charge on any atom is 0.271 e. The molecular weight excluding hydrogens is 447 g/mol. The van der Waals surface area contributed by atoms with Gasteiger partial charge in [-0.1, -0.05) is 23.2 Å². The molecule has 2 amide bonds. The fourth-order valence-corrected chi connectivity index (χ4v) is 2.47. The summed E-state index contributed by atoms with van der Waals surface area (Å²) in [5.74, 6) is -1.07. The van der Waals surface area contributed by atoms with Gasteiger partial charge in [-0.25, -0.2) is 10.9 Å². The molecule has 2 aromatic rings. The van der Waals surface area contributed by atoms with Crippen LogP contribution in [-0.4, -0.2) is 57.9 Å². The first-order valence-electron chi connectivity index (χ1n) is 8.98. The van der Waals surface area contributed by atoms with Crippen LogP contribution < -0.4 is 10.9 Å². The summed E-state index contributed by atoms with van der Waals surface area (Å²) in [6.07, 6.45) is -1.96. The number of nitrogens with one attached hydrogen (secondary N) is 2. The van der Waals surface area contributed by atoms with E-state index in [0.717, 1.165) is 6.21 Å².